The Kier molecular flexibility index (Phi) is 5.31. The van der Waals surface area contributed by atoms with Crippen molar-refractivity contribution in [3.63, 3.8) is 0 Å². The van der Waals surface area contributed by atoms with Gasteiger partial charge in [-0.3, -0.25) is 4.79 Å². The van der Waals surface area contributed by atoms with Crippen LogP contribution in [0.1, 0.15) is 23.1 Å². The summed E-state index contributed by atoms with van der Waals surface area (Å²) in [4.78, 5) is 24.2. The van der Waals surface area contributed by atoms with Gasteiger partial charge >= 0.3 is 12.0 Å². The second-order valence-electron chi connectivity index (χ2n) is 4.62. The highest BCUT2D eigenvalue weighted by Gasteiger charge is 2.24. The number of urea groups is 1. The molecule has 4 N–H and O–H groups in total. The standard InChI is InChI=1S/C12H18N2O4S/c1-8-3-4-9(19-8)6-13-11(17)14-7-12(2,18)5-10(15)16/h3-4,18H,5-7H2,1-2H3,(H,15,16)(H2,13,14,17). The lowest BCUT2D eigenvalue weighted by Crippen LogP contribution is -2.45. The van der Waals surface area contributed by atoms with Crippen LogP contribution in [0.4, 0.5) is 4.79 Å². The highest BCUT2D eigenvalue weighted by atomic mass is 32.1. The Balaban J connectivity index is 2.30. The second kappa shape index (κ2) is 6.53. The number of rotatable bonds is 6. The Morgan fingerprint density at radius 2 is 2.05 bits per heavy atom. The molecule has 1 atom stereocenters. The molecule has 1 rings (SSSR count). The zero-order valence-corrected chi connectivity index (χ0v) is 11.7. The lowest BCUT2D eigenvalue weighted by molar-refractivity contribution is -0.141. The summed E-state index contributed by atoms with van der Waals surface area (Å²) >= 11 is 1.59. The summed E-state index contributed by atoms with van der Waals surface area (Å²) in [7, 11) is 0. The van der Waals surface area contributed by atoms with Gasteiger partial charge in [-0.2, -0.15) is 0 Å². The zero-order chi connectivity index (χ0) is 14.5. The smallest absolute Gasteiger partial charge is 0.315 e. The molecule has 1 unspecified atom stereocenters. The molecule has 6 nitrogen and oxygen atoms in total. The van der Waals surface area contributed by atoms with Crippen molar-refractivity contribution in [1.29, 1.82) is 0 Å². The van der Waals surface area contributed by atoms with Crippen LogP contribution in [0.2, 0.25) is 0 Å². The summed E-state index contributed by atoms with van der Waals surface area (Å²) in [6, 6.07) is 3.47. The first kappa shape index (κ1) is 15.5. The van der Waals surface area contributed by atoms with E-state index in [0.29, 0.717) is 6.54 Å². The van der Waals surface area contributed by atoms with Gasteiger partial charge < -0.3 is 20.8 Å². The van der Waals surface area contributed by atoms with Gasteiger partial charge in [-0.15, -0.1) is 11.3 Å². The number of aryl methyl sites for hydroxylation is 1. The molecule has 0 spiro atoms. The molecule has 0 aromatic carbocycles. The topological polar surface area (TPSA) is 98.7 Å². The molecule has 0 aliphatic heterocycles. The van der Waals surface area contributed by atoms with Crippen LogP contribution >= 0.6 is 11.3 Å². The van der Waals surface area contributed by atoms with E-state index in [4.69, 9.17) is 5.11 Å². The maximum Gasteiger partial charge on any atom is 0.315 e. The summed E-state index contributed by atoms with van der Waals surface area (Å²) in [5.41, 5.74) is -1.46. The summed E-state index contributed by atoms with van der Waals surface area (Å²) in [5, 5.41) is 23.4. The molecule has 1 heterocycles. The highest BCUT2D eigenvalue weighted by molar-refractivity contribution is 7.11. The van der Waals surface area contributed by atoms with Crippen LogP contribution in [-0.2, 0) is 11.3 Å². The molecule has 1 aromatic rings. The molecule has 0 aliphatic carbocycles. The summed E-state index contributed by atoms with van der Waals surface area (Å²) in [6.45, 7) is 3.64. The first-order valence-electron chi connectivity index (χ1n) is 5.80. The monoisotopic (exact) mass is 286 g/mol. The molecule has 106 valence electrons. The predicted octanol–water partition coefficient (Wildman–Crippen LogP) is 1.08. The number of amides is 2. The van der Waals surface area contributed by atoms with E-state index < -0.39 is 24.0 Å². The van der Waals surface area contributed by atoms with E-state index >= 15 is 0 Å². The van der Waals surface area contributed by atoms with E-state index in [0.717, 1.165) is 4.88 Å². The molecule has 19 heavy (non-hydrogen) atoms. The maximum atomic E-state index is 11.5. The minimum absolute atomic E-state index is 0.116. The fraction of sp³-hybridized carbons (Fsp3) is 0.500. The number of thiophene rings is 1. The third-order valence-electron chi connectivity index (χ3n) is 2.38. The molecular weight excluding hydrogens is 268 g/mol. The number of aliphatic hydroxyl groups is 1. The summed E-state index contributed by atoms with van der Waals surface area (Å²) < 4.78 is 0. The molecule has 0 aliphatic rings. The van der Waals surface area contributed by atoms with Gasteiger partial charge in [0.15, 0.2) is 0 Å². The predicted molar refractivity (Wildman–Crippen MR) is 72.2 cm³/mol. The number of carbonyl (C=O) groups excluding carboxylic acids is 1. The van der Waals surface area contributed by atoms with Gasteiger partial charge in [0.2, 0.25) is 0 Å². The number of carboxylic acid groups (broad SMARTS) is 1. The van der Waals surface area contributed by atoms with Crippen molar-refractivity contribution >= 4 is 23.3 Å². The average molecular weight is 286 g/mol. The quantitative estimate of drug-likeness (QED) is 0.629. The number of nitrogens with one attached hydrogen (secondary N) is 2. The summed E-state index contributed by atoms with van der Waals surface area (Å²) in [5.74, 6) is -1.11. The molecule has 0 saturated carbocycles. The minimum atomic E-state index is -1.46. The maximum absolute atomic E-state index is 11.5. The zero-order valence-electron chi connectivity index (χ0n) is 10.9. The molecule has 0 saturated heterocycles. The van der Waals surface area contributed by atoms with E-state index in [1.807, 2.05) is 19.1 Å². The van der Waals surface area contributed by atoms with E-state index in [2.05, 4.69) is 10.6 Å². The second-order valence-corrected chi connectivity index (χ2v) is 5.99. The van der Waals surface area contributed by atoms with Crippen molar-refractivity contribution in [2.75, 3.05) is 6.54 Å². The van der Waals surface area contributed by atoms with E-state index in [9.17, 15) is 14.7 Å². The molecule has 1 aromatic heterocycles. The highest BCUT2D eigenvalue weighted by Crippen LogP contribution is 2.14. The lowest BCUT2D eigenvalue weighted by atomic mass is 10.0. The van der Waals surface area contributed by atoms with Gasteiger partial charge in [0.25, 0.3) is 0 Å². The number of carbonyl (C=O) groups is 2. The van der Waals surface area contributed by atoms with Gasteiger partial charge in [0.05, 0.1) is 18.6 Å². The van der Waals surface area contributed by atoms with E-state index in [1.165, 1.54) is 11.8 Å². The Hall–Kier alpha value is -1.60. The van der Waals surface area contributed by atoms with E-state index in [-0.39, 0.29) is 6.54 Å². The van der Waals surface area contributed by atoms with Crippen molar-refractivity contribution in [2.45, 2.75) is 32.4 Å². The first-order valence-corrected chi connectivity index (χ1v) is 6.61. The first-order chi connectivity index (χ1) is 8.78. The normalized spacial score (nSPS) is 13.6. The van der Waals surface area contributed by atoms with E-state index in [1.54, 1.807) is 11.3 Å². The fourth-order valence-corrected chi connectivity index (χ4v) is 2.30. The lowest BCUT2D eigenvalue weighted by Gasteiger charge is -2.21. The van der Waals surface area contributed by atoms with Gasteiger partial charge in [-0.25, -0.2) is 4.79 Å². The molecule has 0 fully saturated rings. The van der Waals surface area contributed by atoms with Gasteiger partial charge in [0, 0.05) is 16.3 Å². The Labute approximate surface area is 115 Å². The van der Waals surface area contributed by atoms with Crippen molar-refractivity contribution in [2.24, 2.45) is 0 Å². The third-order valence-corrected chi connectivity index (χ3v) is 3.38. The number of aliphatic carboxylic acids is 1. The molecule has 0 radical (unpaired) electrons. The average Bonchev–Trinajstić information content (AvgIpc) is 2.68. The number of carboxylic acids is 1. The van der Waals surface area contributed by atoms with Crippen LogP contribution in [0.5, 0.6) is 0 Å². The van der Waals surface area contributed by atoms with Crippen LogP contribution in [0, 0.1) is 6.92 Å². The van der Waals surface area contributed by atoms with Gasteiger partial charge in [-0.1, -0.05) is 0 Å². The number of hydrogen-bond acceptors (Lipinski definition) is 4. The van der Waals surface area contributed by atoms with Gasteiger partial charge in [-0.05, 0) is 26.0 Å². The van der Waals surface area contributed by atoms with Crippen LogP contribution in [0.15, 0.2) is 12.1 Å². The Morgan fingerprint density at radius 1 is 1.37 bits per heavy atom. The van der Waals surface area contributed by atoms with Crippen LogP contribution in [0.3, 0.4) is 0 Å². The SMILES string of the molecule is Cc1ccc(CNC(=O)NCC(C)(O)CC(=O)O)s1. The van der Waals surface area contributed by atoms with Gasteiger partial charge in [0.1, 0.15) is 0 Å². The molecule has 0 bridgehead atoms. The van der Waals surface area contributed by atoms with Crippen molar-refractivity contribution in [3.05, 3.63) is 21.9 Å². The Bertz CT molecular complexity index is 456. The molecule has 2 amide bonds. The largest absolute Gasteiger partial charge is 0.481 e. The van der Waals surface area contributed by atoms with Crippen molar-refractivity contribution in [3.8, 4) is 0 Å². The summed E-state index contributed by atoms with van der Waals surface area (Å²) in [6.07, 6.45) is -0.419. The number of hydrogen-bond donors (Lipinski definition) is 4. The fourth-order valence-electron chi connectivity index (χ4n) is 1.47. The van der Waals surface area contributed by atoms with Crippen molar-refractivity contribution < 1.29 is 19.8 Å². The minimum Gasteiger partial charge on any atom is -0.481 e. The molecular formula is C12H18N2O4S. The molecule has 7 heteroatoms. The van der Waals surface area contributed by atoms with Crippen LogP contribution in [0.25, 0.3) is 0 Å². The van der Waals surface area contributed by atoms with Crippen molar-refractivity contribution in [1.82, 2.24) is 10.6 Å². The van der Waals surface area contributed by atoms with Crippen LogP contribution < -0.4 is 10.6 Å². The third kappa shape index (κ3) is 6.21. The Morgan fingerprint density at radius 3 is 2.58 bits per heavy atom. The van der Waals surface area contributed by atoms with Crippen LogP contribution in [-0.4, -0.2) is 34.4 Å².